The summed E-state index contributed by atoms with van der Waals surface area (Å²) < 4.78 is 7.48. The van der Waals surface area contributed by atoms with Gasteiger partial charge in [-0.2, -0.15) is 5.10 Å². The predicted molar refractivity (Wildman–Crippen MR) is 70.3 cm³/mol. The zero-order chi connectivity index (χ0) is 12.8. The normalized spacial score (nSPS) is 15.2. The molecule has 17 heavy (non-hydrogen) atoms. The Kier molecular flexibility index (Phi) is 5.65. The molecule has 0 aliphatic carbocycles. The number of likely N-dealkylation sites (N-methyl/N-ethyl adjacent to an activating group) is 1. The number of hydrogen-bond acceptors (Lipinski definition) is 3. The zero-order valence-electron chi connectivity index (χ0n) is 11.6. The lowest BCUT2D eigenvalue weighted by molar-refractivity contribution is 0.0674. The summed E-state index contributed by atoms with van der Waals surface area (Å²) in [6.07, 6.45) is 4.19. The molecule has 0 saturated carbocycles. The zero-order valence-corrected chi connectivity index (χ0v) is 11.6. The average molecular weight is 239 g/mol. The third kappa shape index (κ3) is 3.82. The first-order valence-electron chi connectivity index (χ1n) is 6.36. The van der Waals surface area contributed by atoms with Gasteiger partial charge in [-0.25, -0.2) is 0 Å². The minimum absolute atomic E-state index is 0.240. The van der Waals surface area contributed by atoms with Gasteiger partial charge in [0.1, 0.15) is 0 Å². The topological polar surface area (TPSA) is 39.1 Å². The smallest absolute Gasteiger partial charge is 0.0725 e. The van der Waals surface area contributed by atoms with Crippen LogP contribution in [-0.2, 0) is 11.2 Å². The standard InChI is InChI=1S/C13H25N3O/c1-6-13(17-5)12(14-4)9-11-7-8-16(15-11)10(2)3/h7-8,10,12-14H,6,9H2,1-5H3. The number of aromatic nitrogens is 2. The molecule has 1 rings (SSSR count). The SMILES string of the molecule is CCC(OC)C(Cc1ccn(C(C)C)n1)NC. The van der Waals surface area contributed by atoms with Gasteiger partial charge in [-0.1, -0.05) is 6.92 Å². The molecule has 4 heteroatoms. The monoisotopic (exact) mass is 239 g/mol. The molecule has 2 atom stereocenters. The van der Waals surface area contributed by atoms with Crippen molar-refractivity contribution < 1.29 is 4.74 Å². The van der Waals surface area contributed by atoms with Crippen molar-refractivity contribution in [1.29, 1.82) is 0 Å². The molecule has 2 unspecified atom stereocenters. The van der Waals surface area contributed by atoms with Crippen LogP contribution >= 0.6 is 0 Å². The molecule has 0 saturated heterocycles. The molecule has 1 aromatic heterocycles. The summed E-state index contributed by atoms with van der Waals surface area (Å²) in [6, 6.07) is 2.83. The quantitative estimate of drug-likeness (QED) is 0.791. The molecule has 1 N–H and O–H groups in total. The first-order chi connectivity index (χ1) is 8.12. The summed E-state index contributed by atoms with van der Waals surface area (Å²) in [7, 11) is 3.75. The molecule has 1 heterocycles. The third-order valence-corrected chi connectivity index (χ3v) is 3.15. The van der Waals surface area contributed by atoms with Crippen LogP contribution in [0.5, 0.6) is 0 Å². The summed E-state index contributed by atoms with van der Waals surface area (Å²) in [5.41, 5.74) is 1.12. The molecule has 98 valence electrons. The minimum atomic E-state index is 0.240. The number of rotatable bonds is 7. The second kappa shape index (κ2) is 6.77. The van der Waals surface area contributed by atoms with Gasteiger partial charge in [0.2, 0.25) is 0 Å². The van der Waals surface area contributed by atoms with Gasteiger partial charge < -0.3 is 10.1 Å². The highest BCUT2D eigenvalue weighted by Crippen LogP contribution is 2.11. The number of nitrogens with one attached hydrogen (secondary N) is 1. The lowest BCUT2D eigenvalue weighted by Crippen LogP contribution is -2.40. The summed E-state index contributed by atoms with van der Waals surface area (Å²) in [4.78, 5) is 0. The largest absolute Gasteiger partial charge is 0.380 e. The van der Waals surface area contributed by atoms with Crippen molar-refractivity contribution in [2.24, 2.45) is 0 Å². The van der Waals surface area contributed by atoms with E-state index in [2.05, 4.69) is 37.3 Å². The van der Waals surface area contributed by atoms with Gasteiger partial charge in [-0.3, -0.25) is 4.68 Å². The van der Waals surface area contributed by atoms with Gasteiger partial charge in [0.25, 0.3) is 0 Å². The van der Waals surface area contributed by atoms with E-state index in [0.29, 0.717) is 12.1 Å². The molecule has 0 spiro atoms. The Morgan fingerprint density at radius 3 is 2.59 bits per heavy atom. The van der Waals surface area contributed by atoms with E-state index >= 15 is 0 Å². The summed E-state index contributed by atoms with van der Waals surface area (Å²) >= 11 is 0. The van der Waals surface area contributed by atoms with Crippen molar-refractivity contribution >= 4 is 0 Å². The fourth-order valence-corrected chi connectivity index (χ4v) is 2.03. The van der Waals surface area contributed by atoms with Gasteiger partial charge in [0.15, 0.2) is 0 Å². The fraction of sp³-hybridized carbons (Fsp3) is 0.769. The number of methoxy groups -OCH3 is 1. The Bertz CT molecular complexity index is 318. The second-order valence-corrected chi connectivity index (χ2v) is 4.66. The predicted octanol–water partition coefficient (Wildman–Crippen LogP) is 2.02. The van der Waals surface area contributed by atoms with Crippen LogP contribution in [0.2, 0.25) is 0 Å². The maximum Gasteiger partial charge on any atom is 0.0725 e. The summed E-state index contributed by atoms with van der Waals surface area (Å²) in [5, 5.41) is 7.89. The van der Waals surface area contributed by atoms with Crippen LogP contribution in [0.1, 0.15) is 38.9 Å². The van der Waals surface area contributed by atoms with Crippen LogP contribution < -0.4 is 5.32 Å². The van der Waals surface area contributed by atoms with E-state index in [1.54, 1.807) is 7.11 Å². The molecule has 0 bridgehead atoms. The molecular formula is C13H25N3O. The van der Waals surface area contributed by atoms with E-state index in [0.717, 1.165) is 18.5 Å². The van der Waals surface area contributed by atoms with Gasteiger partial charge in [0, 0.05) is 31.8 Å². The van der Waals surface area contributed by atoms with Crippen LogP contribution in [0.25, 0.3) is 0 Å². The van der Waals surface area contributed by atoms with E-state index in [-0.39, 0.29) is 6.10 Å². The van der Waals surface area contributed by atoms with E-state index < -0.39 is 0 Å². The van der Waals surface area contributed by atoms with Crippen LogP contribution in [0.15, 0.2) is 12.3 Å². The van der Waals surface area contributed by atoms with Crippen molar-refractivity contribution in [2.75, 3.05) is 14.2 Å². The van der Waals surface area contributed by atoms with Gasteiger partial charge in [-0.15, -0.1) is 0 Å². The third-order valence-electron chi connectivity index (χ3n) is 3.15. The highest BCUT2D eigenvalue weighted by molar-refractivity contribution is 5.03. The van der Waals surface area contributed by atoms with Crippen molar-refractivity contribution in [3.63, 3.8) is 0 Å². The highest BCUT2D eigenvalue weighted by atomic mass is 16.5. The number of nitrogens with zero attached hydrogens (tertiary/aromatic N) is 2. The van der Waals surface area contributed by atoms with E-state index in [4.69, 9.17) is 4.74 Å². The Morgan fingerprint density at radius 1 is 1.47 bits per heavy atom. The molecular weight excluding hydrogens is 214 g/mol. The Morgan fingerprint density at radius 2 is 2.18 bits per heavy atom. The fourth-order valence-electron chi connectivity index (χ4n) is 2.03. The molecule has 4 nitrogen and oxygen atoms in total. The van der Waals surface area contributed by atoms with Crippen LogP contribution in [-0.4, -0.2) is 36.1 Å². The highest BCUT2D eigenvalue weighted by Gasteiger charge is 2.19. The molecule has 0 radical (unpaired) electrons. The van der Waals surface area contributed by atoms with Gasteiger partial charge in [-0.05, 0) is 33.4 Å². The number of hydrogen-bond donors (Lipinski definition) is 1. The lowest BCUT2D eigenvalue weighted by atomic mass is 10.0. The molecule has 0 aliphatic rings. The van der Waals surface area contributed by atoms with E-state index in [1.807, 2.05) is 17.9 Å². The minimum Gasteiger partial charge on any atom is -0.380 e. The molecule has 0 aliphatic heterocycles. The molecule has 0 fully saturated rings. The maximum absolute atomic E-state index is 5.48. The summed E-state index contributed by atoms with van der Waals surface area (Å²) in [5.74, 6) is 0. The van der Waals surface area contributed by atoms with Crippen molar-refractivity contribution in [3.8, 4) is 0 Å². The van der Waals surface area contributed by atoms with Crippen molar-refractivity contribution in [2.45, 2.75) is 51.8 Å². The Hall–Kier alpha value is -0.870. The Balaban J connectivity index is 2.66. The molecule has 0 aromatic carbocycles. The van der Waals surface area contributed by atoms with E-state index in [1.165, 1.54) is 0 Å². The maximum atomic E-state index is 5.48. The summed E-state index contributed by atoms with van der Waals surface area (Å²) in [6.45, 7) is 6.41. The first kappa shape index (κ1) is 14.2. The van der Waals surface area contributed by atoms with Gasteiger partial charge >= 0.3 is 0 Å². The van der Waals surface area contributed by atoms with Crippen LogP contribution in [0, 0.1) is 0 Å². The molecule has 1 aromatic rings. The Labute approximate surface area is 104 Å². The second-order valence-electron chi connectivity index (χ2n) is 4.66. The first-order valence-corrected chi connectivity index (χ1v) is 6.36. The van der Waals surface area contributed by atoms with Crippen LogP contribution in [0.3, 0.4) is 0 Å². The number of ether oxygens (including phenoxy) is 1. The van der Waals surface area contributed by atoms with E-state index in [9.17, 15) is 0 Å². The lowest BCUT2D eigenvalue weighted by Gasteiger charge is -2.23. The average Bonchev–Trinajstić information content (AvgIpc) is 2.78. The van der Waals surface area contributed by atoms with Crippen LogP contribution in [0.4, 0.5) is 0 Å². The van der Waals surface area contributed by atoms with Crippen molar-refractivity contribution in [1.82, 2.24) is 15.1 Å². The van der Waals surface area contributed by atoms with Crippen molar-refractivity contribution in [3.05, 3.63) is 18.0 Å². The van der Waals surface area contributed by atoms with Gasteiger partial charge in [0.05, 0.1) is 11.8 Å². The molecule has 0 amide bonds.